The Hall–Kier alpha value is -1.91. The normalized spacial score (nSPS) is 16.2. The molecule has 1 aliphatic rings. The van der Waals surface area contributed by atoms with E-state index in [0.717, 1.165) is 4.90 Å². The van der Waals surface area contributed by atoms with Gasteiger partial charge in [0.25, 0.3) is 5.91 Å². The van der Waals surface area contributed by atoms with Crippen molar-refractivity contribution in [3.8, 4) is 0 Å². The van der Waals surface area contributed by atoms with Gasteiger partial charge in [0, 0.05) is 6.04 Å². The third-order valence-corrected chi connectivity index (χ3v) is 2.68. The molecule has 4 nitrogen and oxygen atoms in total. The zero-order valence-corrected chi connectivity index (χ0v) is 9.68. The SMILES string of the molecule is CC(C)N1CC(=O)N(c2cccc(F)c2)C1=O. The maximum absolute atomic E-state index is 13.1. The van der Waals surface area contributed by atoms with E-state index < -0.39 is 11.8 Å². The summed E-state index contributed by atoms with van der Waals surface area (Å²) in [5.74, 6) is -0.791. The number of anilines is 1. The van der Waals surface area contributed by atoms with Gasteiger partial charge in [-0.2, -0.15) is 0 Å². The number of carbonyl (C=O) groups excluding carboxylic acids is 2. The van der Waals surface area contributed by atoms with Crippen LogP contribution in [0.2, 0.25) is 0 Å². The third-order valence-electron chi connectivity index (χ3n) is 2.68. The molecule has 2 rings (SSSR count). The number of hydrogen-bond donors (Lipinski definition) is 0. The number of halogens is 1. The van der Waals surface area contributed by atoms with E-state index in [2.05, 4.69) is 0 Å². The Morgan fingerprint density at radius 2 is 2.00 bits per heavy atom. The maximum atomic E-state index is 13.1. The molecule has 0 aromatic heterocycles. The molecule has 0 bridgehead atoms. The van der Waals surface area contributed by atoms with Gasteiger partial charge in [0.05, 0.1) is 5.69 Å². The summed E-state index contributed by atoms with van der Waals surface area (Å²) < 4.78 is 13.1. The summed E-state index contributed by atoms with van der Waals surface area (Å²) in [6.07, 6.45) is 0. The van der Waals surface area contributed by atoms with Gasteiger partial charge in [0.15, 0.2) is 0 Å². The molecule has 0 spiro atoms. The van der Waals surface area contributed by atoms with Gasteiger partial charge in [-0.3, -0.25) is 4.79 Å². The minimum absolute atomic E-state index is 0.0486. The summed E-state index contributed by atoms with van der Waals surface area (Å²) in [6, 6.07) is 5.03. The Morgan fingerprint density at radius 3 is 2.53 bits per heavy atom. The first-order valence-electron chi connectivity index (χ1n) is 5.40. The molecule has 5 heteroatoms. The van der Waals surface area contributed by atoms with Crippen LogP contribution >= 0.6 is 0 Å². The number of nitrogens with zero attached hydrogens (tertiary/aromatic N) is 2. The molecule has 0 unspecified atom stereocenters. The lowest BCUT2D eigenvalue weighted by atomic mass is 10.3. The topological polar surface area (TPSA) is 40.6 Å². The van der Waals surface area contributed by atoms with Gasteiger partial charge in [-0.15, -0.1) is 0 Å². The van der Waals surface area contributed by atoms with Crippen molar-refractivity contribution in [1.29, 1.82) is 0 Å². The molecule has 17 heavy (non-hydrogen) atoms. The number of imide groups is 1. The molecule has 0 saturated carbocycles. The van der Waals surface area contributed by atoms with Crippen molar-refractivity contribution in [2.75, 3.05) is 11.4 Å². The first-order valence-corrected chi connectivity index (χ1v) is 5.40. The maximum Gasteiger partial charge on any atom is 0.332 e. The minimum Gasteiger partial charge on any atom is -0.312 e. The fourth-order valence-electron chi connectivity index (χ4n) is 1.79. The molecule has 1 saturated heterocycles. The molecule has 1 heterocycles. The monoisotopic (exact) mass is 236 g/mol. The molecule has 0 N–H and O–H groups in total. The van der Waals surface area contributed by atoms with Crippen LogP contribution in [0.4, 0.5) is 14.9 Å². The van der Waals surface area contributed by atoms with Gasteiger partial charge < -0.3 is 4.90 Å². The highest BCUT2D eigenvalue weighted by Gasteiger charge is 2.38. The molecule has 0 aliphatic carbocycles. The predicted molar refractivity (Wildman–Crippen MR) is 61.1 cm³/mol. The average Bonchev–Trinajstić information content (AvgIpc) is 2.54. The second kappa shape index (κ2) is 4.16. The van der Waals surface area contributed by atoms with Crippen molar-refractivity contribution in [1.82, 2.24) is 4.90 Å². The minimum atomic E-state index is -0.467. The van der Waals surface area contributed by atoms with E-state index >= 15 is 0 Å². The highest BCUT2D eigenvalue weighted by Crippen LogP contribution is 2.23. The van der Waals surface area contributed by atoms with Crippen LogP contribution in [0.3, 0.4) is 0 Å². The van der Waals surface area contributed by atoms with Crippen LogP contribution in [0.1, 0.15) is 13.8 Å². The lowest BCUT2D eigenvalue weighted by Gasteiger charge is -2.20. The summed E-state index contributed by atoms with van der Waals surface area (Å²) in [5.41, 5.74) is 0.281. The Morgan fingerprint density at radius 1 is 1.29 bits per heavy atom. The van der Waals surface area contributed by atoms with Gasteiger partial charge in [0.2, 0.25) is 0 Å². The van der Waals surface area contributed by atoms with Crippen LogP contribution in [-0.4, -0.2) is 29.4 Å². The highest BCUT2D eigenvalue weighted by atomic mass is 19.1. The van der Waals surface area contributed by atoms with E-state index in [1.807, 2.05) is 13.8 Å². The third kappa shape index (κ3) is 2.00. The van der Waals surface area contributed by atoms with Gasteiger partial charge in [-0.25, -0.2) is 14.1 Å². The molecule has 1 aromatic rings. The van der Waals surface area contributed by atoms with Crippen molar-refractivity contribution in [3.63, 3.8) is 0 Å². The zero-order chi connectivity index (χ0) is 12.6. The quantitative estimate of drug-likeness (QED) is 0.737. The van der Waals surface area contributed by atoms with E-state index in [-0.39, 0.29) is 24.2 Å². The van der Waals surface area contributed by atoms with E-state index in [9.17, 15) is 14.0 Å². The lowest BCUT2D eigenvalue weighted by Crippen LogP contribution is -2.36. The Bertz CT molecular complexity index is 473. The Balaban J connectivity index is 2.34. The summed E-state index contributed by atoms with van der Waals surface area (Å²) >= 11 is 0. The molecular formula is C12H13FN2O2. The first-order chi connectivity index (χ1) is 8.00. The zero-order valence-electron chi connectivity index (χ0n) is 9.68. The van der Waals surface area contributed by atoms with E-state index in [1.165, 1.54) is 23.1 Å². The summed E-state index contributed by atoms with van der Waals surface area (Å²) in [5, 5.41) is 0. The molecule has 90 valence electrons. The number of benzene rings is 1. The van der Waals surface area contributed by atoms with Gasteiger partial charge in [-0.1, -0.05) is 6.07 Å². The van der Waals surface area contributed by atoms with Crippen molar-refractivity contribution < 1.29 is 14.0 Å². The molecule has 1 aliphatic heterocycles. The highest BCUT2D eigenvalue weighted by molar-refractivity contribution is 6.19. The standard InChI is InChI=1S/C12H13FN2O2/c1-8(2)14-7-11(16)15(12(14)17)10-5-3-4-9(13)6-10/h3-6,8H,7H2,1-2H3. The number of amides is 3. The first kappa shape index (κ1) is 11.6. The smallest absolute Gasteiger partial charge is 0.312 e. The van der Waals surface area contributed by atoms with E-state index in [1.54, 1.807) is 6.07 Å². The van der Waals surface area contributed by atoms with Crippen molar-refractivity contribution in [2.24, 2.45) is 0 Å². The summed E-state index contributed by atoms with van der Waals surface area (Å²) in [6.45, 7) is 3.72. The number of rotatable bonds is 2. The number of hydrogen-bond acceptors (Lipinski definition) is 2. The number of urea groups is 1. The van der Waals surface area contributed by atoms with E-state index in [0.29, 0.717) is 0 Å². The van der Waals surface area contributed by atoms with Gasteiger partial charge in [-0.05, 0) is 32.0 Å². The van der Waals surface area contributed by atoms with Crippen LogP contribution in [0.15, 0.2) is 24.3 Å². The number of carbonyl (C=O) groups is 2. The largest absolute Gasteiger partial charge is 0.332 e. The van der Waals surface area contributed by atoms with Crippen molar-refractivity contribution in [2.45, 2.75) is 19.9 Å². The Kier molecular flexibility index (Phi) is 2.83. The second-order valence-electron chi connectivity index (χ2n) is 4.21. The lowest BCUT2D eigenvalue weighted by molar-refractivity contribution is -0.116. The molecule has 1 aromatic carbocycles. The Labute approximate surface area is 98.6 Å². The van der Waals surface area contributed by atoms with E-state index in [4.69, 9.17) is 0 Å². The van der Waals surface area contributed by atoms with Crippen LogP contribution in [0, 0.1) is 5.82 Å². The fraction of sp³-hybridized carbons (Fsp3) is 0.333. The molecule has 3 amide bonds. The molecule has 0 radical (unpaired) electrons. The molecule has 1 fully saturated rings. The molecular weight excluding hydrogens is 223 g/mol. The summed E-state index contributed by atoms with van der Waals surface area (Å²) in [7, 11) is 0. The second-order valence-corrected chi connectivity index (χ2v) is 4.21. The van der Waals surface area contributed by atoms with Crippen molar-refractivity contribution in [3.05, 3.63) is 30.1 Å². The van der Waals surface area contributed by atoms with Crippen molar-refractivity contribution >= 4 is 17.6 Å². The van der Waals surface area contributed by atoms with Crippen LogP contribution in [-0.2, 0) is 4.79 Å². The van der Waals surface area contributed by atoms with Gasteiger partial charge >= 0.3 is 6.03 Å². The van der Waals surface area contributed by atoms with Crippen LogP contribution < -0.4 is 4.90 Å². The van der Waals surface area contributed by atoms with Gasteiger partial charge in [0.1, 0.15) is 12.4 Å². The molecule has 0 atom stereocenters. The van der Waals surface area contributed by atoms with Crippen LogP contribution in [0.5, 0.6) is 0 Å². The summed E-state index contributed by atoms with van der Waals surface area (Å²) in [4.78, 5) is 26.2. The predicted octanol–water partition coefficient (Wildman–Crippen LogP) is 2.00. The average molecular weight is 236 g/mol. The fourth-order valence-corrected chi connectivity index (χ4v) is 1.79. The van der Waals surface area contributed by atoms with Crippen LogP contribution in [0.25, 0.3) is 0 Å².